The van der Waals surface area contributed by atoms with Crippen LogP contribution in [0.25, 0.3) is 0 Å². The summed E-state index contributed by atoms with van der Waals surface area (Å²) in [6.07, 6.45) is 6.52. The van der Waals surface area contributed by atoms with Crippen molar-refractivity contribution >= 4 is 32.9 Å². The molecule has 2 heterocycles. The molecule has 2 aliphatic carbocycles. The lowest BCUT2D eigenvalue weighted by atomic mass is 9.91. The van der Waals surface area contributed by atoms with Crippen LogP contribution >= 0.6 is 22.7 Å². The second-order valence-corrected chi connectivity index (χ2v) is 10.7. The van der Waals surface area contributed by atoms with Gasteiger partial charge in [-0.15, -0.1) is 27.6 Å². The highest BCUT2D eigenvalue weighted by Gasteiger charge is 2.33. The molecule has 5 N–H and O–H groups in total. The molecule has 4 rings (SSSR count). The van der Waals surface area contributed by atoms with Gasteiger partial charge in [0.1, 0.15) is 0 Å². The van der Waals surface area contributed by atoms with E-state index >= 15 is 0 Å². The zero-order valence-electron chi connectivity index (χ0n) is 17.6. The first-order valence-electron chi connectivity index (χ1n) is 10.8. The van der Waals surface area contributed by atoms with Crippen LogP contribution in [-0.2, 0) is 25.7 Å². The van der Waals surface area contributed by atoms with Crippen molar-refractivity contribution in [1.82, 2.24) is 20.3 Å². The zero-order valence-corrected chi connectivity index (χ0v) is 19.3. The maximum atomic E-state index is 11.9. The smallest absolute Gasteiger partial charge is 0.180 e. The average molecular weight is 450 g/mol. The largest absolute Gasteiger partial charge is 0.375 e. The van der Waals surface area contributed by atoms with E-state index < -0.39 is 0 Å². The number of nitrogen functional groups attached to an aromatic ring is 2. The van der Waals surface area contributed by atoms with Crippen LogP contribution in [0.4, 0.5) is 10.3 Å². The molecule has 2 aliphatic rings. The Bertz CT molecular complexity index is 883. The Morgan fingerprint density at radius 3 is 2.40 bits per heavy atom. The van der Waals surface area contributed by atoms with Crippen LogP contribution in [0, 0.1) is 10.8 Å². The number of nitroso groups, excluding NO2 is 1. The van der Waals surface area contributed by atoms with Crippen molar-refractivity contribution < 1.29 is 0 Å². The molecule has 8 nitrogen and oxygen atoms in total. The van der Waals surface area contributed by atoms with Gasteiger partial charge in [0, 0.05) is 22.2 Å². The van der Waals surface area contributed by atoms with E-state index in [1.807, 2.05) is 5.01 Å². The van der Waals surface area contributed by atoms with E-state index in [9.17, 15) is 4.91 Å². The summed E-state index contributed by atoms with van der Waals surface area (Å²) < 4.78 is 0. The van der Waals surface area contributed by atoms with Gasteiger partial charge in [-0.2, -0.15) is 0 Å². The third-order valence-electron chi connectivity index (χ3n) is 6.50. The summed E-state index contributed by atoms with van der Waals surface area (Å²) in [5.41, 5.74) is 14.0. The van der Waals surface area contributed by atoms with Gasteiger partial charge in [0.25, 0.3) is 0 Å². The van der Waals surface area contributed by atoms with Gasteiger partial charge in [-0.1, -0.05) is 13.8 Å². The summed E-state index contributed by atoms with van der Waals surface area (Å²) in [6.45, 7) is 5.23. The van der Waals surface area contributed by atoms with E-state index in [1.165, 1.54) is 15.4 Å². The summed E-state index contributed by atoms with van der Waals surface area (Å²) in [5, 5.41) is 10.3. The molecule has 0 saturated heterocycles. The van der Waals surface area contributed by atoms with Crippen molar-refractivity contribution in [3.05, 3.63) is 26.0 Å². The minimum atomic E-state index is 0.116. The van der Waals surface area contributed by atoms with Gasteiger partial charge in [-0.3, -0.25) is 5.01 Å². The summed E-state index contributed by atoms with van der Waals surface area (Å²) in [6, 6.07) is 0.678. The molecule has 0 fully saturated rings. The summed E-state index contributed by atoms with van der Waals surface area (Å²) in [4.78, 5) is 23.2. The molecule has 2 aromatic rings. The molecule has 2 aromatic heterocycles. The van der Waals surface area contributed by atoms with Crippen LogP contribution in [-0.4, -0.2) is 39.6 Å². The number of nitrogens with one attached hydrogen (secondary N) is 1. The Labute approximate surface area is 185 Å². The quantitative estimate of drug-likeness (QED) is 0.418. The minimum Gasteiger partial charge on any atom is -0.375 e. The normalized spacial score (nSPS) is 22.7. The highest BCUT2D eigenvalue weighted by Crippen LogP contribution is 2.33. The molecule has 0 amide bonds. The van der Waals surface area contributed by atoms with Crippen molar-refractivity contribution in [3.8, 4) is 0 Å². The van der Waals surface area contributed by atoms with Crippen molar-refractivity contribution in [2.24, 2.45) is 11.2 Å². The maximum absolute atomic E-state index is 11.9. The molecule has 0 spiro atoms. The van der Waals surface area contributed by atoms with E-state index in [0.717, 1.165) is 57.2 Å². The van der Waals surface area contributed by atoms with Crippen molar-refractivity contribution in [2.45, 2.75) is 76.9 Å². The topological polar surface area (TPSA) is 123 Å². The predicted octanol–water partition coefficient (Wildman–Crippen LogP) is 3.17. The summed E-state index contributed by atoms with van der Waals surface area (Å²) in [5.74, 6) is 0.313. The van der Waals surface area contributed by atoms with Gasteiger partial charge in [0.05, 0.1) is 28.8 Å². The molecule has 0 aliphatic heterocycles. The second kappa shape index (κ2) is 9.15. The van der Waals surface area contributed by atoms with E-state index in [1.54, 1.807) is 22.7 Å². The fraction of sp³-hybridized carbons (Fsp3) is 0.700. The molecule has 164 valence electrons. The number of hydrogen-bond donors (Lipinski definition) is 3. The Kier molecular flexibility index (Phi) is 6.54. The van der Waals surface area contributed by atoms with Crippen LogP contribution in [0.1, 0.15) is 54.3 Å². The highest BCUT2D eigenvalue weighted by atomic mass is 32.1. The van der Waals surface area contributed by atoms with Gasteiger partial charge in [0.15, 0.2) is 10.3 Å². The predicted molar refractivity (Wildman–Crippen MR) is 124 cm³/mol. The van der Waals surface area contributed by atoms with Crippen LogP contribution in [0.15, 0.2) is 5.29 Å². The average Bonchev–Trinajstić information content (AvgIpc) is 3.29. The fourth-order valence-electron chi connectivity index (χ4n) is 4.91. The lowest BCUT2D eigenvalue weighted by Gasteiger charge is -2.38. The maximum Gasteiger partial charge on any atom is 0.180 e. The molecule has 4 unspecified atom stereocenters. The number of anilines is 2. The Morgan fingerprint density at radius 2 is 1.77 bits per heavy atom. The standard InChI is InChI=1S/C20H31N7OS2/c1-3-16(27(26-28)13-5-7-15-18(9-13)30-20(22)25-15)11(2)10-23-12-4-6-14-17(8-12)29-19(21)24-14/h11-13,16,23H,3-10H2,1-2H3,(H2,21,24)(H2,22,25). The molecule has 30 heavy (non-hydrogen) atoms. The zero-order chi connectivity index (χ0) is 21.3. The van der Waals surface area contributed by atoms with Gasteiger partial charge in [-0.25, -0.2) is 9.97 Å². The third-order valence-corrected chi connectivity index (χ3v) is 8.40. The van der Waals surface area contributed by atoms with Crippen LogP contribution in [0.5, 0.6) is 0 Å². The number of aryl methyl sites for hydroxylation is 2. The first-order valence-corrected chi connectivity index (χ1v) is 12.4. The second-order valence-electron chi connectivity index (χ2n) is 8.50. The summed E-state index contributed by atoms with van der Waals surface area (Å²) >= 11 is 3.16. The Morgan fingerprint density at radius 1 is 1.13 bits per heavy atom. The number of nitrogens with two attached hydrogens (primary N) is 2. The number of rotatable bonds is 8. The van der Waals surface area contributed by atoms with Crippen molar-refractivity contribution in [3.63, 3.8) is 0 Å². The van der Waals surface area contributed by atoms with E-state index in [0.29, 0.717) is 22.2 Å². The van der Waals surface area contributed by atoms with Gasteiger partial charge >= 0.3 is 0 Å². The van der Waals surface area contributed by atoms with Gasteiger partial charge in [-0.05, 0) is 51.0 Å². The fourth-order valence-corrected chi connectivity index (χ4v) is 6.82. The van der Waals surface area contributed by atoms with Crippen LogP contribution in [0.3, 0.4) is 0 Å². The number of thiazole rings is 2. The highest BCUT2D eigenvalue weighted by molar-refractivity contribution is 7.15. The van der Waals surface area contributed by atoms with Crippen molar-refractivity contribution in [2.75, 3.05) is 18.0 Å². The SMILES string of the molecule is CCC(C(C)CNC1CCc2nc(N)sc2C1)N(N=O)C1CCc2nc(N)sc2C1. The summed E-state index contributed by atoms with van der Waals surface area (Å²) in [7, 11) is 0. The Balaban J connectivity index is 1.35. The molecular formula is C20H31N7OS2. The number of hydrogen-bond acceptors (Lipinski definition) is 9. The number of aromatic nitrogens is 2. The van der Waals surface area contributed by atoms with Crippen molar-refractivity contribution in [1.29, 1.82) is 0 Å². The molecule has 0 bridgehead atoms. The lowest BCUT2D eigenvalue weighted by molar-refractivity contribution is 0.0835. The van der Waals surface area contributed by atoms with Crippen LogP contribution in [0.2, 0.25) is 0 Å². The minimum absolute atomic E-state index is 0.116. The first-order chi connectivity index (χ1) is 14.5. The van der Waals surface area contributed by atoms with Gasteiger partial charge in [0.2, 0.25) is 0 Å². The third kappa shape index (κ3) is 4.45. The van der Waals surface area contributed by atoms with Gasteiger partial charge < -0.3 is 16.8 Å². The lowest BCUT2D eigenvalue weighted by Crippen LogP contribution is -2.48. The molecule has 0 saturated carbocycles. The Hall–Kier alpha value is -1.78. The van der Waals surface area contributed by atoms with E-state index in [-0.39, 0.29) is 12.1 Å². The molecule has 10 heteroatoms. The number of fused-ring (bicyclic) bond motifs is 2. The van der Waals surface area contributed by atoms with Crippen LogP contribution < -0.4 is 16.8 Å². The monoisotopic (exact) mass is 449 g/mol. The molecular weight excluding hydrogens is 418 g/mol. The first kappa shape index (κ1) is 21.5. The molecule has 0 radical (unpaired) electrons. The van der Waals surface area contributed by atoms with E-state index in [4.69, 9.17) is 11.5 Å². The molecule has 0 aromatic carbocycles. The number of nitrogens with zero attached hydrogens (tertiary/aromatic N) is 4. The van der Waals surface area contributed by atoms with E-state index in [2.05, 4.69) is 34.4 Å². The molecule has 4 atom stereocenters.